The zero-order chi connectivity index (χ0) is 22.6. The summed E-state index contributed by atoms with van der Waals surface area (Å²) in [5.41, 5.74) is 6.30. The topological polar surface area (TPSA) is 56.5 Å². The fourth-order valence-corrected chi connectivity index (χ4v) is 4.13. The molecule has 5 nitrogen and oxygen atoms in total. The van der Waals surface area contributed by atoms with Crippen molar-refractivity contribution < 1.29 is 13.9 Å². The Balaban J connectivity index is 1.37. The van der Waals surface area contributed by atoms with Gasteiger partial charge in [0, 0.05) is 5.69 Å². The number of rotatable bonds is 7. The van der Waals surface area contributed by atoms with Crippen LogP contribution in [0.5, 0.6) is 5.75 Å². The fraction of sp³-hybridized carbons (Fsp3) is 0.250. The Morgan fingerprint density at radius 3 is 2.85 bits per heavy atom. The van der Waals surface area contributed by atoms with E-state index in [-0.39, 0.29) is 0 Å². The van der Waals surface area contributed by atoms with Gasteiger partial charge in [-0.15, -0.1) is 0 Å². The third kappa shape index (κ3) is 4.78. The Hall–Kier alpha value is -3.57. The normalized spacial score (nSPS) is 17.9. The molecule has 0 saturated heterocycles. The predicted molar refractivity (Wildman–Crippen MR) is 130 cm³/mol. The van der Waals surface area contributed by atoms with E-state index in [4.69, 9.17) is 18.9 Å². The molecule has 1 aliphatic carbocycles. The smallest absolute Gasteiger partial charge is 0.243 e. The number of para-hydroxylation sites is 1. The molecule has 33 heavy (non-hydrogen) atoms. The van der Waals surface area contributed by atoms with Gasteiger partial charge >= 0.3 is 0 Å². The number of fused-ring (bicyclic) bond motifs is 1. The van der Waals surface area contributed by atoms with Crippen LogP contribution in [0.3, 0.4) is 0 Å². The van der Waals surface area contributed by atoms with Crippen molar-refractivity contribution in [2.45, 2.75) is 39.9 Å². The quantitative estimate of drug-likeness (QED) is 0.431. The molecule has 3 aromatic rings. The van der Waals surface area contributed by atoms with Gasteiger partial charge in [-0.05, 0) is 71.9 Å². The van der Waals surface area contributed by atoms with Crippen LogP contribution in [0.4, 0.5) is 5.69 Å². The molecule has 168 valence electrons. The molecule has 2 heterocycles. The summed E-state index contributed by atoms with van der Waals surface area (Å²) < 4.78 is 17.5. The minimum atomic E-state index is 0.328. The number of aromatic nitrogens is 1. The van der Waals surface area contributed by atoms with Crippen LogP contribution in [0.25, 0.3) is 11.3 Å². The van der Waals surface area contributed by atoms with Crippen LogP contribution in [-0.2, 0) is 18.0 Å². The lowest BCUT2D eigenvalue weighted by atomic mass is 9.91. The van der Waals surface area contributed by atoms with Crippen LogP contribution in [0, 0.1) is 5.92 Å². The van der Waals surface area contributed by atoms with Gasteiger partial charge in [-0.3, -0.25) is 0 Å². The maximum Gasteiger partial charge on any atom is 0.243 e. The van der Waals surface area contributed by atoms with Gasteiger partial charge < -0.3 is 19.2 Å². The van der Waals surface area contributed by atoms with Crippen LogP contribution >= 0.6 is 0 Å². The van der Waals surface area contributed by atoms with Crippen molar-refractivity contribution in [2.75, 3.05) is 5.32 Å². The molecule has 2 aliphatic rings. The Morgan fingerprint density at radius 2 is 2.00 bits per heavy atom. The van der Waals surface area contributed by atoms with Gasteiger partial charge in [0.05, 0.1) is 18.9 Å². The molecule has 0 saturated carbocycles. The first kappa shape index (κ1) is 21.3. The summed E-state index contributed by atoms with van der Waals surface area (Å²) in [7, 11) is 0. The molecule has 1 atom stereocenters. The van der Waals surface area contributed by atoms with E-state index in [2.05, 4.69) is 55.6 Å². The van der Waals surface area contributed by atoms with Gasteiger partial charge in [0.2, 0.25) is 5.89 Å². The second kappa shape index (κ2) is 9.51. The Kier molecular flexibility index (Phi) is 6.13. The fourth-order valence-electron chi connectivity index (χ4n) is 4.13. The minimum Gasteiger partial charge on any atom is -0.458 e. The number of anilines is 1. The van der Waals surface area contributed by atoms with Crippen LogP contribution in [-0.4, -0.2) is 4.98 Å². The molecule has 0 radical (unpaired) electrons. The Labute approximate surface area is 194 Å². The molecule has 1 aromatic heterocycles. The lowest BCUT2D eigenvalue weighted by molar-refractivity contribution is 0.134. The number of hydrogen-bond donors (Lipinski definition) is 1. The zero-order valence-corrected chi connectivity index (χ0v) is 19.0. The van der Waals surface area contributed by atoms with Crippen molar-refractivity contribution in [1.29, 1.82) is 0 Å². The molecule has 0 amide bonds. The number of hydrogen-bond acceptors (Lipinski definition) is 5. The summed E-state index contributed by atoms with van der Waals surface area (Å²) in [6.45, 7) is 5.65. The Bertz CT molecular complexity index is 1220. The molecule has 0 bridgehead atoms. The molecule has 0 fully saturated rings. The van der Waals surface area contributed by atoms with Crippen LogP contribution in [0.15, 0.2) is 83.2 Å². The SMILES string of the molecule is CCC=C(Nc1ccc2c(c1)COC2)c1nc(C2=CC(Oc3ccccc3)=CCC2C)co1. The molecule has 1 N–H and O–H groups in total. The molecule has 0 spiro atoms. The minimum absolute atomic E-state index is 0.328. The van der Waals surface area contributed by atoms with E-state index in [0.717, 1.165) is 47.0 Å². The van der Waals surface area contributed by atoms with Gasteiger partial charge in [-0.25, -0.2) is 4.98 Å². The highest BCUT2D eigenvalue weighted by Gasteiger charge is 2.21. The number of oxazole rings is 1. The highest BCUT2D eigenvalue weighted by molar-refractivity contribution is 5.75. The van der Waals surface area contributed by atoms with E-state index in [1.807, 2.05) is 30.3 Å². The number of ether oxygens (including phenoxy) is 2. The molecule has 5 heteroatoms. The van der Waals surface area contributed by atoms with Gasteiger partial charge in [0.25, 0.3) is 0 Å². The van der Waals surface area contributed by atoms with Crippen LogP contribution in [0.1, 0.15) is 49.4 Å². The van der Waals surface area contributed by atoms with Gasteiger partial charge in [0.15, 0.2) is 0 Å². The first-order chi connectivity index (χ1) is 16.2. The zero-order valence-electron chi connectivity index (χ0n) is 19.0. The summed E-state index contributed by atoms with van der Waals surface area (Å²) in [4.78, 5) is 4.84. The van der Waals surface area contributed by atoms with Crippen molar-refractivity contribution in [3.8, 4) is 5.75 Å². The molecule has 1 aliphatic heterocycles. The van der Waals surface area contributed by atoms with Gasteiger partial charge in [0.1, 0.15) is 23.5 Å². The highest BCUT2D eigenvalue weighted by atomic mass is 16.5. The van der Waals surface area contributed by atoms with Crippen molar-refractivity contribution in [2.24, 2.45) is 5.92 Å². The summed E-state index contributed by atoms with van der Waals surface area (Å²) in [5, 5.41) is 3.49. The molecule has 2 aromatic carbocycles. The summed E-state index contributed by atoms with van der Waals surface area (Å²) >= 11 is 0. The first-order valence-corrected chi connectivity index (χ1v) is 11.5. The monoisotopic (exact) mass is 440 g/mol. The maximum atomic E-state index is 6.06. The lowest BCUT2D eigenvalue weighted by Gasteiger charge is -2.19. The second-order valence-electron chi connectivity index (χ2n) is 8.42. The van der Waals surface area contributed by atoms with Crippen molar-refractivity contribution in [3.05, 3.63) is 101 Å². The maximum absolute atomic E-state index is 6.06. The van der Waals surface area contributed by atoms with E-state index in [0.29, 0.717) is 25.0 Å². The number of nitrogens with zero attached hydrogens (tertiary/aromatic N) is 1. The summed E-state index contributed by atoms with van der Waals surface area (Å²) in [5.74, 6) is 2.57. The average Bonchev–Trinajstić information content (AvgIpc) is 3.50. The van der Waals surface area contributed by atoms with E-state index >= 15 is 0 Å². The van der Waals surface area contributed by atoms with Crippen LogP contribution in [0.2, 0.25) is 0 Å². The van der Waals surface area contributed by atoms with Crippen molar-refractivity contribution in [1.82, 2.24) is 4.98 Å². The molecular formula is C28H28N2O3. The van der Waals surface area contributed by atoms with E-state index in [1.54, 1.807) is 6.26 Å². The third-order valence-corrected chi connectivity index (χ3v) is 5.92. The van der Waals surface area contributed by atoms with E-state index in [1.165, 1.54) is 11.1 Å². The molecular weight excluding hydrogens is 412 g/mol. The van der Waals surface area contributed by atoms with Gasteiger partial charge in [-0.1, -0.05) is 44.2 Å². The first-order valence-electron chi connectivity index (χ1n) is 11.5. The van der Waals surface area contributed by atoms with E-state index in [9.17, 15) is 0 Å². The predicted octanol–water partition coefficient (Wildman–Crippen LogP) is 6.95. The number of benzene rings is 2. The van der Waals surface area contributed by atoms with Crippen molar-refractivity contribution >= 4 is 17.0 Å². The van der Waals surface area contributed by atoms with E-state index < -0.39 is 0 Å². The van der Waals surface area contributed by atoms with Crippen molar-refractivity contribution in [3.63, 3.8) is 0 Å². The number of nitrogens with one attached hydrogen (secondary N) is 1. The second-order valence-corrected chi connectivity index (χ2v) is 8.42. The Morgan fingerprint density at radius 1 is 1.15 bits per heavy atom. The molecule has 5 rings (SSSR count). The number of allylic oxidation sites excluding steroid dienone is 4. The third-order valence-electron chi connectivity index (χ3n) is 5.92. The summed E-state index contributed by atoms with van der Waals surface area (Å²) in [6, 6.07) is 16.2. The van der Waals surface area contributed by atoms with Gasteiger partial charge in [-0.2, -0.15) is 0 Å². The standard InChI is InChI=1S/C28H28N2O3/c1-3-7-26(29-22-12-11-20-16-31-17-21(20)14-22)28-30-27(18-32-28)25-15-24(13-10-19(25)2)33-23-8-5-4-6-9-23/h4-9,11-15,18-19,29H,3,10,16-17H2,1-2H3. The molecule has 1 unspecified atom stereocenters. The summed E-state index contributed by atoms with van der Waals surface area (Å²) in [6.07, 6.45) is 9.80. The highest BCUT2D eigenvalue weighted by Crippen LogP contribution is 2.33. The van der Waals surface area contributed by atoms with Crippen LogP contribution < -0.4 is 10.1 Å². The largest absolute Gasteiger partial charge is 0.458 e. The average molecular weight is 441 g/mol. The lowest BCUT2D eigenvalue weighted by Crippen LogP contribution is -2.07.